The fourth-order valence-electron chi connectivity index (χ4n) is 2.25. The van der Waals surface area contributed by atoms with E-state index >= 15 is 0 Å². The Hall–Kier alpha value is -2.63. The first-order valence-corrected chi connectivity index (χ1v) is 7.12. The maximum Gasteiger partial charge on any atom is 0.317 e. The van der Waals surface area contributed by atoms with Crippen LogP contribution in [0.5, 0.6) is 11.5 Å². The summed E-state index contributed by atoms with van der Waals surface area (Å²) in [7, 11) is 1.72. The Morgan fingerprint density at radius 1 is 1.27 bits per heavy atom. The number of furan rings is 1. The molecule has 1 atom stereocenters. The maximum absolute atomic E-state index is 12.0. The molecule has 0 radical (unpaired) electrons. The lowest BCUT2D eigenvalue weighted by atomic mass is 10.2. The summed E-state index contributed by atoms with van der Waals surface area (Å²) in [6.45, 7) is 1.23. The van der Waals surface area contributed by atoms with Crippen molar-refractivity contribution < 1.29 is 18.7 Å². The molecule has 0 saturated carbocycles. The van der Waals surface area contributed by atoms with Gasteiger partial charge in [0, 0.05) is 7.05 Å². The van der Waals surface area contributed by atoms with E-state index in [0.717, 1.165) is 5.75 Å². The van der Waals surface area contributed by atoms with Gasteiger partial charge in [-0.3, -0.25) is 0 Å². The molecule has 1 N–H and O–H groups in total. The lowest BCUT2D eigenvalue weighted by Gasteiger charge is -2.29. The zero-order valence-corrected chi connectivity index (χ0v) is 12.3. The quantitative estimate of drug-likeness (QED) is 0.941. The fraction of sp³-hybridized carbons (Fsp3) is 0.312. The number of fused-ring (bicyclic) bond motifs is 1. The number of amides is 2. The second-order valence-electron chi connectivity index (χ2n) is 5.12. The van der Waals surface area contributed by atoms with Gasteiger partial charge in [-0.05, 0) is 24.3 Å². The fourth-order valence-corrected chi connectivity index (χ4v) is 2.25. The molecule has 1 aromatic carbocycles. The van der Waals surface area contributed by atoms with Crippen LogP contribution in [0.2, 0.25) is 0 Å². The van der Waals surface area contributed by atoms with Crippen molar-refractivity contribution >= 4 is 6.03 Å². The van der Waals surface area contributed by atoms with E-state index in [4.69, 9.17) is 13.9 Å². The van der Waals surface area contributed by atoms with Crippen LogP contribution in [0.25, 0.3) is 0 Å². The number of nitrogens with one attached hydrogen (secondary N) is 1. The molecular formula is C16H18N2O4. The van der Waals surface area contributed by atoms with Gasteiger partial charge in [0.15, 0.2) is 17.6 Å². The molecule has 2 aromatic rings. The van der Waals surface area contributed by atoms with Gasteiger partial charge in [-0.25, -0.2) is 4.79 Å². The van der Waals surface area contributed by atoms with E-state index in [0.29, 0.717) is 31.2 Å². The summed E-state index contributed by atoms with van der Waals surface area (Å²) >= 11 is 0. The third kappa shape index (κ3) is 3.33. The highest BCUT2D eigenvalue weighted by molar-refractivity contribution is 5.73. The third-order valence-electron chi connectivity index (χ3n) is 3.39. The predicted molar refractivity (Wildman–Crippen MR) is 79.9 cm³/mol. The first-order chi connectivity index (χ1) is 10.7. The van der Waals surface area contributed by atoms with Gasteiger partial charge in [0.2, 0.25) is 0 Å². The Kier molecular flexibility index (Phi) is 4.18. The van der Waals surface area contributed by atoms with Gasteiger partial charge in [0.1, 0.15) is 12.4 Å². The number of carbonyl (C=O) groups excluding carboxylic acids is 1. The molecule has 0 fully saturated rings. The van der Waals surface area contributed by atoms with Crippen molar-refractivity contribution in [1.29, 1.82) is 0 Å². The van der Waals surface area contributed by atoms with Crippen molar-refractivity contribution in [1.82, 2.24) is 10.2 Å². The molecule has 6 heteroatoms. The van der Waals surface area contributed by atoms with Gasteiger partial charge in [0.05, 0.1) is 19.4 Å². The number of benzene rings is 1. The summed E-state index contributed by atoms with van der Waals surface area (Å²) in [5.74, 6) is 2.17. The minimum absolute atomic E-state index is 0.182. The van der Waals surface area contributed by atoms with Crippen LogP contribution in [0.15, 0.2) is 47.1 Å². The van der Waals surface area contributed by atoms with E-state index < -0.39 is 0 Å². The monoisotopic (exact) mass is 302 g/mol. The van der Waals surface area contributed by atoms with Gasteiger partial charge >= 0.3 is 6.03 Å². The predicted octanol–water partition coefficient (Wildman–Crippen LogP) is 2.26. The van der Waals surface area contributed by atoms with Gasteiger partial charge in [-0.1, -0.05) is 12.1 Å². The third-order valence-corrected chi connectivity index (χ3v) is 3.39. The van der Waals surface area contributed by atoms with Crippen molar-refractivity contribution in [2.45, 2.75) is 12.6 Å². The summed E-state index contributed by atoms with van der Waals surface area (Å²) in [5, 5.41) is 2.79. The molecule has 1 aromatic heterocycles. The molecule has 2 amide bonds. The van der Waals surface area contributed by atoms with Crippen LogP contribution in [0.3, 0.4) is 0 Å². The van der Waals surface area contributed by atoms with Crippen LogP contribution in [0.4, 0.5) is 4.79 Å². The van der Waals surface area contributed by atoms with E-state index in [9.17, 15) is 4.79 Å². The number of likely N-dealkylation sites (N-methyl/N-ethyl adjacent to an activating group) is 1. The highest BCUT2D eigenvalue weighted by Gasteiger charge is 2.23. The number of hydrogen-bond acceptors (Lipinski definition) is 4. The summed E-state index contributed by atoms with van der Waals surface area (Å²) in [5.41, 5.74) is 0. The van der Waals surface area contributed by atoms with Crippen molar-refractivity contribution in [2.75, 3.05) is 20.2 Å². The second-order valence-corrected chi connectivity index (χ2v) is 5.12. The molecule has 0 spiro atoms. The number of carbonyl (C=O) groups is 1. The summed E-state index contributed by atoms with van der Waals surface area (Å²) in [6.07, 6.45) is 1.39. The average molecular weight is 302 g/mol. The normalized spacial score (nSPS) is 16.1. The largest absolute Gasteiger partial charge is 0.486 e. The Labute approximate surface area is 128 Å². The first-order valence-electron chi connectivity index (χ1n) is 7.12. The number of rotatable bonds is 4. The molecule has 1 aliphatic rings. The smallest absolute Gasteiger partial charge is 0.317 e. The van der Waals surface area contributed by atoms with E-state index in [1.165, 1.54) is 0 Å². The first kappa shape index (κ1) is 14.3. The van der Waals surface area contributed by atoms with E-state index in [2.05, 4.69) is 5.32 Å². The Morgan fingerprint density at radius 2 is 2.09 bits per heavy atom. The topological polar surface area (TPSA) is 63.9 Å². The van der Waals surface area contributed by atoms with Crippen LogP contribution < -0.4 is 14.8 Å². The summed E-state index contributed by atoms with van der Waals surface area (Å²) in [6, 6.07) is 10.9. The molecule has 1 aliphatic heterocycles. The molecule has 22 heavy (non-hydrogen) atoms. The van der Waals surface area contributed by atoms with Gasteiger partial charge < -0.3 is 24.1 Å². The second kappa shape index (κ2) is 6.43. The lowest BCUT2D eigenvalue weighted by molar-refractivity contribution is 0.0715. The highest BCUT2D eigenvalue weighted by atomic mass is 16.6. The number of urea groups is 1. The molecule has 2 heterocycles. The zero-order chi connectivity index (χ0) is 15.4. The van der Waals surface area contributed by atoms with Crippen molar-refractivity contribution in [3.05, 3.63) is 48.4 Å². The molecular weight excluding hydrogens is 284 g/mol. The average Bonchev–Trinajstić information content (AvgIpc) is 3.06. The number of nitrogens with zero attached hydrogens (tertiary/aromatic N) is 1. The van der Waals surface area contributed by atoms with Crippen molar-refractivity contribution in [2.24, 2.45) is 0 Å². The van der Waals surface area contributed by atoms with Crippen molar-refractivity contribution in [3.63, 3.8) is 0 Å². The molecule has 0 saturated heterocycles. The standard InChI is InChI=1S/C16H18N2O4/c1-18(16(19)17-9-12-5-4-8-20-12)10-13-11-21-14-6-2-3-7-15(14)22-13/h2-8,13H,9-11H2,1H3,(H,17,19)/t13-/m0/s1. The minimum atomic E-state index is -0.186. The number of ether oxygens (including phenoxy) is 2. The maximum atomic E-state index is 12.0. The Morgan fingerprint density at radius 3 is 2.86 bits per heavy atom. The molecule has 6 nitrogen and oxygen atoms in total. The molecule has 0 aliphatic carbocycles. The Bertz CT molecular complexity index is 627. The zero-order valence-electron chi connectivity index (χ0n) is 12.3. The van der Waals surface area contributed by atoms with Crippen LogP contribution in [-0.4, -0.2) is 37.2 Å². The van der Waals surface area contributed by atoms with Crippen LogP contribution in [-0.2, 0) is 6.54 Å². The van der Waals surface area contributed by atoms with E-state index in [1.807, 2.05) is 30.3 Å². The minimum Gasteiger partial charge on any atom is -0.486 e. The van der Waals surface area contributed by atoms with E-state index in [-0.39, 0.29) is 12.1 Å². The summed E-state index contributed by atoms with van der Waals surface area (Å²) in [4.78, 5) is 13.6. The highest BCUT2D eigenvalue weighted by Crippen LogP contribution is 2.30. The molecule has 116 valence electrons. The number of hydrogen-bond donors (Lipinski definition) is 1. The van der Waals surface area contributed by atoms with Gasteiger partial charge in [-0.2, -0.15) is 0 Å². The van der Waals surface area contributed by atoms with Gasteiger partial charge in [0.25, 0.3) is 0 Å². The van der Waals surface area contributed by atoms with Crippen LogP contribution in [0.1, 0.15) is 5.76 Å². The van der Waals surface area contributed by atoms with E-state index in [1.54, 1.807) is 24.3 Å². The van der Waals surface area contributed by atoms with Crippen LogP contribution >= 0.6 is 0 Å². The Balaban J connectivity index is 1.49. The van der Waals surface area contributed by atoms with Crippen LogP contribution in [0, 0.1) is 0 Å². The molecule has 3 rings (SSSR count). The molecule has 0 unspecified atom stereocenters. The SMILES string of the molecule is CN(C[C@H]1COc2ccccc2O1)C(=O)NCc1ccco1. The number of para-hydroxylation sites is 2. The van der Waals surface area contributed by atoms with Crippen molar-refractivity contribution in [3.8, 4) is 11.5 Å². The summed E-state index contributed by atoms with van der Waals surface area (Å²) < 4.78 is 16.6. The molecule has 0 bridgehead atoms. The van der Waals surface area contributed by atoms with Gasteiger partial charge in [-0.15, -0.1) is 0 Å². The lowest BCUT2D eigenvalue weighted by Crippen LogP contribution is -2.45.